The molecule has 3 N–H and O–H groups in total. The van der Waals surface area contributed by atoms with Crippen molar-refractivity contribution in [2.24, 2.45) is 0 Å². The number of piperidine rings is 1. The fourth-order valence-electron chi connectivity index (χ4n) is 2.03. The van der Waals surface area contributed by atoms with Crippen LogP contribution >= 0.6 is 0 Å². The van der Waals surface area contributed by atoms with E-state index < -0.39 is 11.6 Å². The van der Waals surface area contributed by atoms with Crippen molar-refractivity contribution in [1.82, 2.24) is 5.32 Å². The maximum atomic E-state index is 13.7. The predicted molar refractivity (Wildman–Crippen MR) is 55.6 cm³/mol. The van der Waals surface area contributed by atoms with Crippen LogP contribution in [0.25, 0.3) is 0 Å². The van der Waals surface area contributed by atoms with Gasteiger partial charge in [0.1, 0.15) is 11.5 Å². The summed E-state index contributed by atoms with van der Waals surface area (Å²) in [7, 11) is 0. The maximum Gasteiger partial charge on any atom is 0.152 e. The molecular formula is C11H14F2N2. The monoisotopic (exact) mass is 212 g/mol. The lowest BCUT2D eigenvalue weighted by Gasteiger charge is -2.23. The van der Waals surface area contributed by atoms with Crippen molar-refractivity contribution in [3.8, 4) is 0 Å². The molecule has 0 spiro atoms. The molecule has 0 bridgehead atoms. The van der Waals surface area contributed by atoms with E-state index in [9.17, 15) is 8.78 Å². The van der Waals surface area contributed by atoms with Crippen molar-refractivity contribution in [2.45, 2.75) is 18.8 Å². The number of benzene rings is 1. The molecule has 1 heterocycles. The summed E-state index contributed by atoms with van der Waals surface area (Å²) in [5, 5.41) is 3.20. The van der Waals surface area contributed by atoms with E-state index in [-0.39, 0.29) is 11.6 Å². The van der Waals surface area contributed by atoms with Crippen molar-refractivity contribution in [3.05, 3.63) is 29.3 Å². The van der Waals surface area contributed by atoms with Gasteiger partial charge in [-0.25, -0.2) is 8.78 Å². The summed E-state index contributed by atoms with van der Waals surface area (Å²) in [4.78, 5) is 0. The molecule has 1 aromatic rings. The van der Waals surface area contributed by atoms with Crippen molar-refractivity contribution in [2.75, 3.05) is 18.8 Å². The average molecular weight is 212 g/mol. The van der Waals surface area contributed by atoms with E-state index in [0.717, 1.165) is 25.9 Å². The van der Waals surface area contributed by atoms with E-state index in [4.69, 9.17) is 5.73 Å². The lowest BCUT2D eigenvalue weighted by Crippen LogP contribution is -2.27. The van der Waals surface area contributed by atoms with E-state index in [2.05, 4.69) is 5.32 Å². The second kappa shape index (κ2) is 4.14. The minimum Gasteiger partial charge on any atom is -0.394 e. The molecule has 0 aliphatic carbocycles. The highest BCUT2D eigenvalue weighted by molar-refractivity contribution is 5.45. The van der Waals surface area contributed by atoms with Crippen LogP contribution in [0.2, 0.25) is 0 Å². The molecule has 0 atom stereocenters. The first-order valence-electron chi connectivity index (χ1n) is 5.14. The molecule has 0 saturated carbocycles. The van der Waals surface area contributed by atoms with Crippen LogP contribution in [-0.2, 0) is 0 Å². The zero-order chi connectivity index (χ0) is 10.8. The van der Waals surface area contributed by atoms with Gasteiger partial charge in [-0.3, -0.25) is 0 Å². The zero-order valence-corrected chi connectivity index (χ0v) is 8.39. The average Bonchev–Trinajstić information content (AvgIpc) is 2.27. The number of nitrogen functional groups attached to an aromatic ring is 1. The van der Waals surface area contributed by atoms with Crippen LogP contribution in [0.1, 0.15) is 24.3 Å². The van der Waals surface area contributed by atoms with Gasteiger partial charge >= 0.3 is 0 Å². The molecule has 2 rings (SSSR count). The first-order valence-corrected chi connectivity index (χ1v) is 5.14. The quantitative estimate of drug-likeness (QED) is 0.699. The summed E-state index contributed by atoms with van der Waals surface area (Å²) >= 11 is 0. The standard InChI is InChI=1S/C11H14F2N2/c12-9-2-1-8(10(13)11(9)14)7-3-5-15-6-4-7/h1-2,7,15H,3-6,14H2. The van der Waals surface area contributed by atoms with Crippen LogP contribution < -0.4 is 11.1 Å². The SMILES string of the molecule is Nc1c(F)ccc(C2CCNCC2)c1F. The van der Waals surface area contributed by atoms with Crippen molar-refractivity contribution >= 4 is 5.69 Å². The highest BCUT2D eigenvalue weighted by Crippen LogP contribution is 2.30. The summed E-state index contributed by atoms with van der Waals surface area (Å²) < 4.78 is 26.6. The molecule has 0 radical (unpaired) electrons. The van der Waals surface area contributed by atoms with Gasteiger partial charge in [0.2, 0.25) is 0 Å². The van der Waals surface area contributed by atoms with Crippen LogP contribution in [-0.4, -0.2) is 13.1 Å². The van der Waals surface area contributed by atoms with Crippen molar-refractivity contribution in [1.29, 1.82) is 0 Å². The molecule has 1 aliphatic rings. The van der Waals surface area contributed by atoms with Crippen LogP contribution in [0.5, 0.6) is 0 Å². The van der Waals surface area contributed by atoms with Gasteiger partial charge in [0.05, 0.1) is 0 Å². The summed E-state index contributed by atoms with van der Waals surface area (Å²) in [6.07, 6.45) is 1.75. The molecule has 82 valence electrons. The second-order valence-corrected chi connectivity index (χ2v) is 3.89. The molecule has 1 aliphatic heterocycles. The molecule has 1 aromatic carbocycles. The van der Waals surface area contributed by atoms with Crippen LogP contribution in [0.4, 0.5) is 14.5 Å². The van der Waals surface area contributed by atoms with Gasteiger partial charge in [-0.15, -0.1) is 0 Å². The van der Waals surface area contributed by atoms with Gasteiger partial charge in [-0.2, -0.15) is 0 Å². The summed E-state index contributed by atoms with van der Waals surface area (Å²) in [5.74, 6) is -1.10. The molecule has 2 nitrogen and oxygen atoms in total. The Bertz CT molecular complexity index is 360. The first kappa shape index (κ1) is 10.4. The number of rotatable bonds is 1. The fourth-order valence-corrected chi connectivity index (χ4v) is 2.03. The Morgan fingerprint density at radius 1 is 1.20 bits per heavy atom. The first-order chi connectivity index (χ1) is 7.20. The number of nitrogens with one attached hydrogen (secondary N) is 1. The number of halogens is 2. The summed E-state index contributed by atoms with van der Waals surface area (Å²) in [6.45, 7) is 1.75. The van der Waals surface area contributed by atoms with Crippen molar-refractivity contribution in [3.63, 3.8) is 0 Å². The second-order valence-electron chi connectivity index (χ2n) is 3.89. The Kier molecular flexibility index (Phi) is 2.86. The Labute approximate surface area is 87.5 Å². The predicted octanol–water partition coefficient (Wildman–Crippen LogP) is 2.01. The summed E-state index contributed by atoms with van der Waals surface area (Å²) in [5.41, 5.74) is 5.52. The molecule has 0 amide bonds. The number of anilines is 1. The van der Waals surface area contributed by atoms with Gasteiger partial charge < -0.3 is 11.1 Å². The molecule has 1 fully saturated rings. The van der Waals surface area contributed by atoms with E-state index in [1.54, 1.807) is 0 Å². The Morgan fingerprint density at radius 3 is 2.53 bits per heavy atom. The lowest BCUT2D eigenvalue weighted by atomic mass is 9.89. The zero-order valence-electron chi connectivity index (χ0n) is 8.39. The fraction of sp³-hybridized carbons (Fsp3) is 0.455. The lowest BCUT2D eigenvalue weighted by molar-refractivity contribution is 0.444. The van der Waals surface area contributed by atoms with Gasteiger partial charge in [0.15, 0.2) is 5.82 Å². The molecule has 15 heavy (non-hydrogen) atoms. The van der Waals surface area contributed by atoms with E-state index in [1.165, 1.54) is 12.1 Å². The highest BCUT2D eigenvalue weighted by atomic mass is 19.1. The molecule has 0 aromatic heterocycles. The molecule has 0 unspecified atom stereocenters. The Balaban J connectivity index is 2.31. The molecule has 4 heteroatoms. The largest absolute Gasteiger partial charge is 0.394 e. The van der Waals surface area contributed by atoms with E-state index in [1.807, 2.05) is 0 Å². The van der Waals surface area contributed by atoms with E-state index >= 15 is 0 Å². The normalized spacial score (nSPS) is 18.0. The van der Waals surface area contributed by atoms with Gasteiger partial charge in [0.25, 0.3) is 0 Å². The van der Waals surface area contributed by atoms with Crippen molar-refractivity contribution < 1.29 is 8.78 Å². The van der Waals surface area contributed by atoms with Crippen LogP contribution in [0.3, 0.4) is 0 Å². The third-order valence-corrected chi connectivity index (χ3v) is 2.94. The molecule has 1 saturated heterocycles. The highest BCUT2D eigenvalue weighted by Gasteiger charge is 2.20. The topological polar surface area (TPSA) is 38.0 Å². The minimum absolute atomic E-state index is 0.161. The number of nitrogens with two attached hydrogens (primary N) is 1. The number of hydrogen-bond donors (Lipinski definition) is 2. The van der Waals surface area contributed by atoms with Gasteiger partial charge in [0, 0.05) is 0 Å². The molecular weight excluding hydrogens is 198 g/mol. The Morgan fingerprint density at radius 2 is 1.87 bits per heavy atom. The third kappa shape index (κ3) is 1.95. The maximum absolute atomic E-state index is 13.7. The smallest absolute Gasteiger partial charge is 0.152 e. The third-order valence-electron chi connectivity index (χ3n) is 2.94. The minimum atomic E-state index is -0.676. The summed E-state index contributed by atoms with van der Waals surface area (Å²) in [6, 6.07) is 2.76. The van der Waals surface area contributed by atoms with Gasteiger partial charge in [-0.05, 0) is 43.5 Å². The Hall–Kier alpha value is -1.16. The van der Waals surface area contributed by atoms with Crippen LogP contribution in [0.15, 0.2) is 12.1 Å². The number of hydrogen-bond acceptors (Lipinski definition) is 2. The van der Waals surface area contributed by atoms with Crippen LogP contribution in [0, 0.1) is 11.6 Å². The van der Waals surface area contributed by atoms with Gasteiger partial charge in [-0.1, -0.05) is 6.07 Å². The van der Waals surface area contributed by atoms with E-state index in [0.29, 0.717) is 5.56 Å².